The summed E-state index contributed by atoms with van der Waals surface area (Å²) in [6.45, 7) is -0.162. The van der Waals surface area contributed by atoms with E-state index in [-0.39, 0.29) is 12.4 Å². The highest BCUT2D eigenvalue weighted by atomic mass is 16.3. The van der Waals surface area contributed by atoms with E-state index < -0.39 is 0 Å². The molecule has 0 aliphatic rings. The van der Waals surface area contributed by atoms with Crippen LogP contribution in [0, 0.1) is 0 Å². The van der Waals surface area contributed by atoms with Crippen LogP contribution in [0.1, 0.15) is 5.56 Å². The van der Waals surface area contributed by atoms with Crippen molar-refractivity contribution in [1.82, 2.24) is 9.97 Å². The molecule has 0 aliphatic carbocycles. The van der Waals surface area contributed by atoms with Gasteiger partial charge in [-0.25, -0.2) is 9.97 Å². The van der Waals surface area contributed by atoms with Crippen molar-refractivity contribution in [1.29, 1.82) is 0 Å². The highest BCUT2D eigenvalue weighted by molar-refractivity contribution is 5.51. The average Bonchev–Trinajstić information content (AvgIpc) is 2.70. The summed E-state index contributed by atoms with van der Waals surface area (Å²) in [7, 11) is 0. The summed E-state index contributed by atoms with van der Waals surface area (Å²) in [5.41, 5.74) is 6.10. The van der Waals surface area contributed by atoms with Gasteiger partial charge in [0.1, 0.15) is 5.82 Å². The van der Waals surface area contributed by atoms with Gasteiger partial charge in [0.15, 0.2) is 11.6 Å². The Morgan fingerprint density at radius 3 is 2.93 bits per heavy atom. The molecule has 0 bridgehead atoms. The van der Waals surface area contributed by atoms with Gasteiger partial charge in [-0.15, -0.1) is 0 Å². The Labute approximate surface area is 80.2 Å². The summed E-state index contributed by atoms with van der Waals surface area (Å²) < 4.78 is 5.10. The molecule has 2 rings (SSSR count). The lowest BCUT2D eigenvalue weighted by Gasteiger charge is -2.01. The molecule has 0 aromatic carbocycles. The summed E-state index contributed by atoms with van der Waals surface area (Å²) in [5, 5.41) is 8.86. The first-order valence-electron chi connectivity index (χ1n) is 4.07. The van der Waals surface area contributed by atoms with Crippen molar-refractivity contribution in [3.05, 3.63) is 30.2 Å². The number of nitrogen functional groups attached to an aromatic ring is 1. The summed E-state index contributed by atoms with van der Waals surface area (Å²) >= 11 is 0. The number of rotatable bonds is 2. The molecule has 72 valence electrons. The molecule has 3 N–H and O–H groups in total. The van der Waals surface area contributed by atoms with Crippen LogP contribution in [-0.4, -0.2) is 15.1 Å². The van der Waals surface area contributed by atoms with Gasteiger partial charge in [0, 0.05) is 11.8 Å². The SMILES string of the molecule is Nc1nc(-c2ccco2)ncc1CO. The molecule has 0 aliphatic heterocycles. The van der Waals surface area contributed by atoms with E-state index in [9.17, 15) is 0 Å². The van der Waals surface area contributed by atoms with E-state index in [0.29, 0.717) is 17.1 Å². The predicted molar refractivity (Wildman–Crippen MR) is 50.1 cm³/mol. The third-order valence-electron chi connectivity index (χ3n) is 1.81. The lowest BCUT2D eigenvalue weighted by atomic mass is 10.3. The van der Waals surface area contributed by atoms with E-state index in [0.717, 1.165) is 0 Å². The van der Waals surface area contributed by atoms with Crippen molar-refractivity contribution in [2.45, 2.75) is 6.61 Å². The number of hydrogen-bond acceptors (Lipinski definition) is 5. The molecule has 0 saturated heterocycles. The van der Waals surface area contributed by atoms with Gasteiger partial charge in [-0.1, -0.05) is 0 Å². The molecule has 0 atom stereocenters. The lowest BCUT2D eigenvalue weighted by Crippen LogP contribution is -2.00. The Morgan fingerprint density at radius 1 is 1.50 bits per heavy atom. The molecule has 0 amide bonds. The number of furan rings is 1. The normalized spacial score (nSPS) is 10.4. The largest absolute Gasteiger partial charge is 0.461 e. The number of aliphatic hydroxyl groups is 1. The van der Waals surface area contributed by atoms with Crippen molar-refractivity contribution < 1.29 is 9.52 Å². The smallest absolute Gasteiger partial charge is 0.197 e. The first kappa shape index (κ1) is 8.71. The fourth-order valence-electron chi connectivity index (χ4n) is 1.07. The topological polar surface area (TPSA) is 85.2 Å². The Kier molecular flexibility index (Phi) is 2.16. The number of hydrogen-bond donors (Lipinski definition) is 2. The van der Waals surface area contributed by atoms with E-state index in [1.807, 2.05) is 0 Å². The van der Waals surface area contributed by atoms with Crippen LogP contribution in [-0.2, 0) is 6.61 Å². The van der Waals surface area contributed by atoms with E-state index >= 15 is 0 Å². The third kappa shape index (κ3) is 1.45. The maximum Gasteiger partial charge on any atom is 0.197 e. The number of nitrogens with two attached hydrogens (primary N) is 1. The summed E-state index contributed by atoms with van der Waals surface area (Å²) in [5.74, 6) is 1.25. The minimum Gasteiger partial charge on any atom is -0.461 e. The highest BCUT2D eigenvalue weighted by Gasteiger charge is 2.06. The molecule has 0 radical (unpaired) electrons. The zero-order valence-electron chi connectivity index (χ0n) is 7.34. The second-order valence-corrected chi connectivity index (χ2v) is 2.74. The molecule has 0 spiro atoms. The summed E-state index contributed by atoms with van der Waals surface area (Å²) in [6, 6.07) is 3.49. The maximum absolute atomic E-state index is 8.86. The number of nitrogens with zero attached hydrogens (tertiary/aromatic N) is 2. The minimum atomic E-state index is -0.162. The van der Waals surface area contributed by atoms with E-state index in [1.54, 1.807) is 12.1 Å². The predicted octanol–water partition coefficient (Wildman–Crippen LogP) is 0.811. The number of anilines is 1. The minimum absolute atomic E-state index is 0.162. The fourth-order valence-corrected chi connectivity index (χ4v) is 1.07. The molecule has 0 unspecified atom stereocenters. The van der Waals surface area contributed by atoms with E-state index in [1.165, 1.54) is 12.5 Å². The molecular weight excluding hydrogens is 182 g/mol. The zero-order valence-corrected chi connectivity index (χ0v) is 7.34. The van der Waals surface area contributed by atoms with Gasteiger partial charge in [-0.3, -0.25) is 0 Å². The van der Waals surface area contributed by atoms with Gasteiger partial charge in [0.05, 0.1) is 12.9 Å². The number of aromatic nitrogens is 2. The van der Waals surface area contributed by atoms with Crippen LogP contribution in [0.15, 0.2) is 29.0 Å². The molecule has 5 nitrogen and oxygen atoms in total. The van der Waals surface area contributed by atoms with Gasteiger partial charge in [-0.2, -0.15) is 0 Å². The Balaban J connectivity index is 2.43. The van der Waals surface area contributed by atoms with E-state index in [2.05, 4.69) is 9.97 Å². The Morgan fingerprint density at radius 2 is 2.36 bits per heavy atom. The molecular formula is C9H9N3O2. The highest BCUT2D eigenvalue weighted by Crippen LogP contribution is 2.17. The monoisotopic (exact) mass is 191 g/mol. The van der Waals surface area contributed by atoms with Gasteiger partial charge in [0.25, 0.3) is 0 Å². The first-order chi connectivity index (χ1) is 6.81. The van der Waals surface area contributed by atoms with Crippen molar-refractivity contribution in [3.63, 3.8) is 0 Å². The van der Waals surface area contributed by atoms with E-state index in [4.69, 9.17) is 15.3 Å². The van der Waals surface area contributed by atoms with Crippen LogP contribution in [0.2, 0.25) is 0 Å². The number of aliphatic hydroxyl groups excluding tert-OH is 1. The van der Waals surface area contributed by atoms with Crippen LogP contribution in [0.5, 0.6) is 0 Å². The van der Waals surface area contributed by atoms with Crippen LogP contribution >= 0.6 is 0 Å². The van der Waals surface area contributed by atoms with Gasteiger partial charge >= 0.3 is 0 Å². The van der Waals surface area contributed by atoms with Gasteiger partial charge in [-0.05, 0) is 12.1 Å². The molecule has 14 heavy (non-hydrogen) atoms. The lowest BCUT2D eigenvalue weighted by molar-refractivity contribution is 0.281. The molecule has 2 aromatic heterocycles. The second kappa shape index (κ2) is 3.47. The molecule has 5 heteroatoms. The summed E-state index contributed by atoms with van der Waals surface area (Å²) in [4.78, 5) is 8.01. The van der Waals surface area contributed by atoms with Crippen molar-refractivity contribution in [3.8, 4) is 11.6 Å². The van der Waals surface area contributed by atoms with Crippen LogP contribution in [0.25, 0.3) is 11.6 Å². The van der Waals surface area contributed by atoms with Crippen LogP contribution < -0.4 is 5.73 Å². The molecule has 2 heterocycles. The molecule has 0 fully saturated rings. The van der Waals surface area contributed by atoms with Crippen molar-refractivity contribution in [2.75, 3.05) is 5.73 Å². The molecule has 2 aromatic rings. The van der Waals surface area contributed by atoms with Crippen molar-refractivity contribution in [2.24, 2.45) is 0 Å². The first-order valence-corrected chi connectivity index (χ1v) is 4.07. The van der Waals surface area contributed by atoms with Crippen LogP contribution in [0.3, 0.4) is 0 Å². The standard InChI is InChI=1S/C9H9N3O2/c10-8-6(5-13)4-11-9(12-8)7-2-1-3-14-7/h1-4,13H,5H2,(H2,10,11,12). The second-order valence-electron chi connectivity index (χ2n) is 2.74. The third-order valence-corrected chi connectivity index (χ3v) is 1.81. The van der Waals surface area contributed by atoms with Crippen molar-refractivity contribution >= 4 is 5.82 Å². The maximum atomic E-state index is 8.86. The zero-order chi connectivity index (χ0) is 9.97. The van der Waals surface area contributed by atoms with Gasteiger partial charge in [0.2, 0.25) is 0 Å². The quantitative estimate of drug-likeness (QED) is 0.733. The Bertz CT molecular complexity index is 426. The molecule has 0 saturated carbocycles. The van der Waals surface area contributed by atoms with Gasteiger partial charge < -0.3 is 15.3 Å². The average molecular weight is 191 g/mol. The van der Waals surface area contributed by atoms with Crippen LogP contribution in [0.4, 0.5) is 5.82 Å². The summed E-state index contributed by atoms with van der Waals surface area (Å²) in [6.07, 6.45) is 3.02. The Hall–Kier alpha value is -1.88. The fraction of sp³-hybridized carbons (Fsp3) is 0.111.